The molecule has 9 aromatic rings. The molecule has 4 heterocycles. The van der Waals surface area contributed by atoms with Crippen LogP contribution >= 0.6 is 0 Å². The zero-order valence-corrected chi connectivity index (χ0v) is 27.2. The monoisotopic (exact) mass is 657 g/mol. The Hall–Kier alpha value is -6.79. The number of para-hydroxylation sites is 3. The van der Waals surface area contributed by atoms with Gasteiger partial charge in [-0.2, -0.15) is 0 Å². The van der Waals surface area contributed by atoms with E-state index in [0.717, 1.165) is 83.0 Å². The fraction of sp³-hybridized carbons (Fsp3) is 0.0444. The van der Waals surface area contributed by atoms with Crippen molar-refractivity contribution in [2.45, 2.75) is 12.0 Å². The van der Waals surface area contributed by atoms with Gasteiger partial charge in [0.1, 0.15) is 34.2 Å². The smallest absolute Gasteiger partial charge is 0.167 e. The van der Waals surface area contributed by atoms with Crippen LogP contribution in [0.15, 0.2) is 161 Å². The maximum atomic E-state index is 6.69. The lowest BCUT2D eigenvalue weighted by atomic mass is 9.80. The lowest BCUT2D eigenvalue weighted by molar-refractivity contribution is 0.271. The number of nitrogens with zero attached hydrogens (tertiary/aromatic N) is 3. The van der Waals surface area contributed by atoms with E-state index in [4.69, 9.17) is 28.5 Å². The van der Waals surface area contributed by atoms with Crippen LogP contribution in [-0.2, 0) is 0 Å². The maximum absolute atomic E-state index is 6.69. The van der Waals surface area contributed by atoms with E-state index in [1.165, 1.54) is 0 Å². The summed E-state index contributed by atoms with van der Waals surface area (Å²) in [6.45, 7) is 0. The minimum Gasteiger partial charge on any atom is -0.485 e. The van der Waals surface area contributed by atoms with Gasteiger partial charge in [0, 0.05) is 38.2 Å². The van der Waals surface area contributed by atoms with Crippen LogP contribution in [-0.4, -0.2) is 21.1 Å². The average molecular weight is 658 g/mol. The summed E-state index contributed by atoms with van der Waals surface area (Å²) in [5.74, 6) is 2.45. The zero-order chi connectivity index (χ0) is 33.5. The van der Waals surface area contributed by atoms with Gasteiger partial charge in [0.25, 0.3) is 0 Å². The first-order valence-electron chi connectivity index (χ1n) is 17.1. The fourth-order valence-electron chi connectivity index (χ4n) is 7.91. The van der Waals surface area contributed by atoms with E-state index in [1.807, 2.05) is 78.9 Å². The molecular formula is C45H27N3O3. The third-order valence-electron chi connectivity index (χ3n) is 10.1. The molecule has 0 amide bonds. The molecule has 6 heteroatoms. The van der Waals surface area contributed by atoms with Gasteiger partial charge >= 0.3 is 0 Å². The normalized spacial score (nSPS) is 16.4. The number of benzene rings is 6. The minimum absolute atomic E-state index is 0.157. The molecule has 0 N–H and O–H groups in total. The van der Waals surface area contributed by atoms with Crippen molar-refractivity contribution in [3.8, 4) is 39.7 Å². The van der Waals surface area contributed by atoms with Gasteiger partial charge in [-0.1, -0.05) is 115 Å². The molecule has 11 rings (SSSR count). The lowest BCUT2D eigenvalue weighted by Crippen LogP contribution is -2.21. The van der Waals surface area contributed by atoms with Crippen LogP contribution in [0.1, 0.15) is 17.3 Å². The summed E-state index contributed by atoms with van der Waals surface area (Å²) < 4.78 is 19.4. The predicted octanol–water partition coefficient (Wildman–Crippen LogP) is 11.2. The molecule has 6 aromatic carbocycles. The number of hydrogen-bond donors (Lipinski definition) is 0. The first kappa shape index (κ1) is 28.1. The van der Waals surface area contributed by atoms with E-state index in [9.17, 15) is 0 Å². The number of rotatable bonds is 4. The van der Waals surface area contributed by atoms with Gasteiger partial charge in [-0.15, -0.1) is 0 Å². The highest BCUT2D eigenvalue weighted by atomic mass is 16.5. The molecule has 0 spiro atoms. The van der Waals surface area contributed by atoms with Crippen LogP contribution in [0.5, 0.6) is 5.75 Å². The zero-order valence-electron chi connectivity index (χ0n) is 27.2. The van der Waals surface area contributed by atoms with Gasteiger partial charge in [-0.3, -0.25) is 0 Å². The molecular weight excluding hydrogens is 631 g/mol. The maximum Gasteiger partial charge on any atom is 0.167 e. The Balaban J connectivity index is 1.13. The van der Waals surface area contributed by atoms with Crippen molar-refractivity contribution in [3.63, 3.8) is 0 Å². The molecule has 1 aliphatic carbocycles. The van der Waals surface area contributed by atoms with Crippen molar-refractivity contribution in [1.29, 1.82) is 0 Å². The van der Waals surface area contributed by atoms with Crippen LogP contribution < -0.4 is 4.74 Å². The van der Waals surface area contributed by atoms with Gasteiger partial charge in [-0.05, 0) is 47.5 Å². The summed E-state index contributed by atoms with van der Waals surface area (Å²) in [7, 11) is 0. The molecule has 0 saturated heterocycles. The van der Waals surface area contributed by atoms with Crippen LogP contribution in [0.4, 0.5) is 0 Å². The van der Waals surface area contributed by atoms with E-state index in [1.54, 1.807) is 0 Å². The van der Waals surface area contributed by atoms with Crippen molar-refractivity contribution in [2.24, 2.45) is 0 Å². The summed E-state index contributed by atoms with van der Waals surface area (Å²) in [4.78, 5) is 15.5. The molecule has 3 aromatic heterocycles. The number of hydrogen-bond acceptors (Lipinski definition) is 6. The highest BCUT2D eigenvalue weighted by Crippen LogP contribution is 2.52. The molecule has 0 radical (unpaired) electrons. The second-order valence-corrected chi connectivity index (χ2v) is 13.0. The van der Waals surface area contributed by atoms with Gasteiger partial charge in [-0.25, -0.2) is 15.0 Å². The minimum atomic E-state index is -0.222. The predicted molar refractivity (Wildman–Crippen MR) is 201 cm³/mol. The van der Waals surface area contributed by atoms with E-state index >= 15 is 0 Å². The van der Waals surface area contributed by atoms with Gasteiger partial charge in [0.2, 0.25) is 0 Å². The average Bonchev–Trinajstić information content (AvgIpc) is 3.89. The molecule has 2 unspecified atom stereocenters. The Labute approximate surface area is 292 Å². The molecule has 0 bridgehead atoms. The van der Waals surface area contributed by atoms with E-state index in [-0.39, 0.29) is 12.0 Å². The third-order valence-corrected chi connectivity index (χ3v) is 10.1. The summed E-state index contributed by atoms with van der Waals surface area (Å²) in [5.41, 5.74) is 9.31. The Morgan fingerprint density at radius 3 is 2.06 bits per heavy atom. The molecule has 0 saturated carbocycles. The topological polar surface area (TPSA) is 74.2 Å². The van der Waals surface area contributed by atoms with Crippen molar-refractivity contribution < 1.29 is 13.6 Å². The molecule has 6 nitrogen and oxygen atoms in total. The molecule has 1 aliphatic heterocycles. The SMILES string of the molecule is C1=CC2Oc3cccc(-c4cccc5oc6ccccc6c45)c3C2C(c2nc(-c3ccccc3)nc(-c3cccc4c3oc3ccccc34)n2)=C1. The third kappa shape index (κ3) is 4.26. The first-order valence-corrected chi connectivity index (χ1v) is 17.1. The summed E-state index contributed by atoms with van der Waals surface area (Å²) in [5, 5.41) is 4.26. The first-order chi connectivity index (χ1) is 25.3. The van der Waals surface area contributed by atoms with Crippen LogP contribution in [0.2, 0.25) is 0 Å². The van der Waals surface area contributed by atoms with Gasteiger partial charge in [0.15, 0.2) is 17.5 Å². The summed E-state index contributed by atoms with van der Waals surface area (Å²) in [6, 6.07) is 45.1. The number of allylic oxidation sites excluding steroid dienone is 2. The van der Waals surface area contributed by atoms with Crippen molar-refractivity contribution in [3.05, 3.63) is 163 Å². The Kier molecular flexibility index (Phi) is 5.98. The second kappa shape index (κ2) is 10.9. The Morgan fingerprint density at radius 1 is 0.490 bits per heavy atom. The van der Waals surface area contributed by atoms with Gasteiger partial charge < -0.3 is 13.6 Å². The standard InChI is InChI=1S/C45H27N3O3/c1-2-12-26(13-3-1)43-46-44(48-45(47-43)33-20-8-18-30-27-14-4-6-21-34(27)51-42(30)33)32-19-11-25-38-41(32)40-29(17-10-24-37(40)50-38)28-16-9-23-36-39(28)31-15-5-7-22-35(31)49-36/h1-25,38,41H. The van der Waals surface area contributed by atoms with E-state index < -0.39 is 0 Å². The molecule has 240 valence electrons. The van der Waals surface area contributed by atoms with Crippen LogP contribution in [0.3, 0.4) is 0 Å². The summed E-state index contributed by atoms with van der Waals surface area (Å²) >= 11 is 0. The highest BCUT2D eigenvalue weighted by Gasteiger charge is 2.40. The van der Waals surface area contributed by atoms with Gasteiger partial charge in [0.05, 0.1) is 11.5 Å². The molecule has 2 aliphatic rings. The van der Waals surface area contributed by atoms with E-state index in [2.05, 4.69) is 72.8 Å². The van der Waals surface area contributed by atoms with Crippen LogP contribution in [0, 0.1) is 0 Å². The largest absolute Gasteiger partial charge is 0.485 e. The molecule has 51 heavy (non-hydrogen) atoms. The Morgan fingerprint density at radius 2 is 1.16 bits per heavy atom. The lowest BCUT2D eigenvalue weighted by Gasteiger charge is -2.23. The quantitative estimate of drug-likeness (QED) is 0.187. The molecule has 0 fully saturated rings. The molecule has 2 atom stereocenters. The fourth-order valence-corrected chi connectivity index (χ4v) is 7.91. The number of aromatic nitrogens is 3. The highest BCUT2D eigenvalue weighted by molar-refractivity contribution is 6.13. The Bertz CT molecular complexity index is 2920. The van der Waals surface area contributed by atoms with Crippen molar-refractivity contribution >= 4 is 49.5 Å². The summed E-state index contributed by atoms with van der Waals surface area (Å²) in [6.07, 6.45) is 6.08. The van der Waals surface area contributed by atoms with E-state index in [0.29, 0.717) is 17.5 Å². The van der Waals surface area contributed by atoms with Crippen molar-refractivity contribution in [1.82, 2.24) is 15.0 Å². The van der Waals surface area contributed by atoms with Crippen molar-refractivity contribution in [2.75, 3.05) is 0 Å². The number of furan rings is 2. The second-order valence-electron chi connectivity index (χ2n) is 13.0. The number of fused-ring (bicyclic) bond motifs is 9. The van der Waals surface area contributed by atoms with Crippen LogP contribution in [0.25, 0.3) is 83.4 Å². The number of ether oxygens (including phenoxy) is 1.